The van der Waals surface area contributed by atoms with Crippen molar-refractivity contribution in [3.05, 3.63) is 50.7 Å². The third kappa shape index (κ3) is 3.69. The Balaban J connectivity index is 2.36. The number of aromatic amines is 2. The number of aromatic nitrogens is 3. The van der Waals surface area contributed by atoms with Gasteiger partial charge in [0.15, 0.2) is 0 Å². The topological polar surface area (TPSA) is 151 Å². The van der Waals surface area contributed by atoms with Crippen LogP contribution in [0.4, 0.5) is 11.5 Å². The molecule has 110 valence electrons. The quantitative estimate of drug-likeness (QED) is 0.493. The van der Waals surface area contributed by atoms with Gasteiger partial charge < -0.3 is 16.4 Å². The molecule has 0 bridgehead atoms. The minimum Gasteiger partial charge on any atom is -0.399 e. The third-order valence-electron chi connectivity index (χ3n) is 2.66. The molecule has 0 unspecified atom stereocenters. The van der Waals surface area contributed by atoms with Crippen LogP contribution in [-0.2, 0) is 11.3 Å². The molecule has 0 spiro atoms. The van der Waals surface area contributed by atoms with Crippen molar-refractivity contribution < 1.29 is 4.79 Å². The van der Waals surface area contributed by atoms with E-state index >= 15 is 0 Å². The first kappa shape index (κ1) is 14.3. The molecule has 1 amide bonds. The standard InChI is InChI=1S/C12H14N6O3/c13-8-3-1-2-7(4-8)5-18(6-9(14)19)10-11(20)15-12(21)17-16-10/h1-4H,5-6,13H2,(H2,14,19)(H2,15,17,20,21). The second-order valence-electron chi connectivity index (χ2n) is 4.40. The molecule has 0 fully saturated rings. The van der Waals surface area contributed by atoms with E-state index in [-0.39, 0.29) is 18.9 Å². The van der Waals surface area contributed by atoms with Crippen LogP contribution in [0.25, 0.3) is 0 Å². The van der Waals surface area contributed by atoms with Gasteiger partial charge in [-0.05, 0) is 17.7 Å². The van der Waals surface area contributed by atoms with E-state index in [0.29, 0.717) is 5.69 Å². The van der Waals surface area contributed by atoms with Crippen LogP contribution in [0.1, 0.15) is 5.56 Å². The fourth-order valence-electron chi connectivity index (χ4n) is 1.86. The molecular weight excluding hydrogens is 276 g/mol. The van der Waals surface area contributed by atoms with Crippen molar-refractivity contribution in [1.82, 2.24) is 15.2 Å². The summed E-state index contributed by atoms with van der Waals surface area (Å²) in [5.41, 5.74) is 10.7. The summed E-state index contributed by atoms with van der Waals surface area (Å²) in [5, 5.41) is 5.77. The van der Waals surface area contributed by atoms with Gasteiger partial charge in [-0.1, -0.05) is 12.1 Å². The van der Waals surface area contributed by atoms with Gasteiger partial charge >= 0.3 is 5.69 Å². The number of carbonyl (C=O) groups is 1. The molecule has 1 heterocycles. The number of hydrogen-bond acceptors (Lipinski definition) is 6. The number of H-pyrrole nitrogens is 2. The third-order valence-corrected chi connectivity index (χ3v) is 2.66. The Morgan fingerprint density at radius 1 is 1.33 bits per heavy atom. The lowest BCUT2D eigenvalue weighted by Crippen LogP contribution is -2.39. The van der Waals surface area contributed by atoms with E-state index in [4.69, 9.17) is 11.5 Å². The number of rotatable bonds is 5. The maximum Gasteiger partial charge on any atom is 0.342 e. The minimum atomic E-state index is -0.730. The van der Waals surface area contributed by atoms with Crippen molar-refractivity contribution in [1.29, 1.82) is 0 Å². The fraction of sp³-hybridized carbons (Fsp3) is 0.167. The monoisotopic (exact) mass is 290 g/mol. The number of carbonyl (C=O) groups excluding carboxylic acids is 1. The Kier molecular flexibility index (Phi) is 4.02. The zero-order valence-electron chi connectivity index (χ0n) is 11.0. The molecule has 0 atom stereocenters. The summed E-state index contributed by atoms with van der Waals surface area (Å²) >= 11 is 0. The van der Waals surface area contributed by atoms with Crippen molar-refractivity contribution in [2.24, 2.45) is 5.73 Å². The summed E-state index contributed by atoms with van der Waals surface area (Å²) in [7, 11) is 0. The molecular formula is C12H14N6O3. The lowest BCUT2D eigenvalue weighted by molar-refractivity contribution is -0.116. The van der Waals surface area contributed by atoms with Crippen LogP contribution in [0.5, 0.6) is 0 Å². The van der Waals surface area contributed by atoms with Crippen LogP contribution in [-0.4, -0.2) is 27.6 Å². The molecule has 6 N–H and O–H groups in total. The van der Waals surface area contributed by atoms with E-state index in [2.05, 4.69) is 10.2 Å². The number of amides is 1. The van der Waals surface area contributed by atoms with E-state index in [9.17, 15) is 14.4 Å². The molecule has 2 aromatic rings. The molecule has 1 aromatic heterocycles. The van der Waals surface area contributed by atoms with Gasteiger partial charge in [-0.15, -0.1) is 5.10 Å². The summed E-state index contributed by atoms with van der Waals surface area (Å²) in [6.45, 7) is -0.0347. The lowest BCUT2D eigenvalue weighted by atomic mass is 10.2. The maximum absolute atomic E-state index is 11.8. The molecule has 0 aliphatic heterocycles. The molecule has 1 aromatic carbocycles. The predicted molar refractivity (Wildman–Crippen MR) is 76.6 cm³/mol. The second kappa shape index (κ2) is 5.90. The van der Waals surface area contributed by atoms with E-state index < -0.39 is 17.2 Å². The number of anilines is 2. The maximum atomic E-state index is 11.8. The van der Waals surface area contributed by atoms with Crippen LogP contribution in [0.15, 0.2) is 33.9 Å². The number of nitrogens with one attached hydrogen (secondary N) is 2. The highest BCUT2D eigenvalue weighted by Crippen LogP contribution is 2.12. The molecule has 9 heteroatoms. The highest BCUT2D eigenvalue weighted by molar-refractivity contribution is 5.79. The number of hydrogen-bond donors (Lipinski definition) is 4. The first-order chi connectivity index (χ1) is 9.95. The molecule has 0 aliphatic carbocycles. The average molecular weight is 290 g/mol. The Bertz CT molecular complexity index is 766. The number of nitrogens with two attached hydrogens (primary N) is 2. The van der Waals surface area contributed by atoms with Crippen LogP contribution in [0.2, 0.25) is 0 Å². The summed E-state index contributed by atoms with van der Waals surface area (Å²) < 4.78 is 0. The largest absolute Gasteiger partial charge is 0.399 e. The molecule has 2 rings (SSSR count). The van der Waals surface area contributed by atoms with E-state index in [0.717, 1.165) is 5.56 Å². The molecule has 9 nitrogen and oxygen atoms in total. The van der Waals surface area contributed by atoms with E-state index in [1.54, 1.807) is 24.3 Å². The van der Waals surface area contributed by atoms with E-state index in [1.807, 2.05) is 4.98 Å². The zero-order valence-corrected chi connectivity index (χ0v) is 11.0. The molecule has 0 saturated carbocycles. The lowest BCUT2D eigenvalue weighted by Gasteiger charge is -2.20. The van der Waals surface area contributed by atoms with Gasteiger partial charge in [0.2, 0.25) is 11.7 Å². The first-order valence-corrected chi connectivity index (χ1v) is 6.02. The first-order valence-electron chi connectivity index (χ1n) is 6.02. The number of nitrogen functional groups attached to an aromatic ring is 1. The van der Waals surface area contributed by atoms with Crippen molar-refractivity contribution in [3.63, 3.8) is 0 Å². The molecule has 0 radical (unpaired) electrons. The van der Waals surface area contributed by atoms with Crippen LogP contribution in [0, 0.1) is 0 Å². The van der Waals surface area contributed by atoms with Crippen molar-refractivity contribution >= 4 is 17.4 Å². The zero-order chi connectivity index (χ0) is 15.4. The van der Waals surface area contributed by atoms with Crippen LogP contribution in [0.3, 0.4) is 0 Å². The van der Waals surface area contributed by atoms with Crippen molar-refractivity contribution in [2.75, 3.05) is 17.2 Å². The molecule has 0 saturated heterocycles. The van der Waals surface area contributed by atoms with Gasteiger partial charge in [0, 0.05) is 12.2 Å². The second-order valence-corrected chi connectivity index (χ2v) is 4.40. The van der Waals surface area contributed by atoms with Gasteiger partial charge in [0.1, 0.15) is 0 Å². The normalized spacial score (nSPS) is 10.3. The van der Waals surface area contributed by atoms with Crippen molar-refractivity contribution in [3.8, 4) is 0 Å². The summed E-state index contributed by atoms with van der Waals surface area (Å²) in [6, 6.07) is 6.95. The Morgan fingerprint density at radius 2 is 2.10 bits per heavy atom. The summed E-state index contributed by atoms with van der Waals surface area (Å²) in [5.74, 6) is -0.734. The Morgan fingerprint density at radius 3 is 2.71 bits per heavy atom. The van der Waals surface area contributed by atoms with E-state index in [1.165, 1.54) is 4.90 Å². The fourth-order valence-corrected chi connectivity index (χ4v) is 1.86. The van der Waals surface area contributed by atoms with Crippen LogP contribution >= 0.6 is 0 Å². The summed E-state index contributed by atoms with van der Waals surface area (Å²) in [6.07, 6.45) is 0. The van der Waals surface area contributed by atoms with Crippen molar-refractivity contribution in [2.45, 2.75) is 6.54 Å². The van der Waals surface area contributed by atoms with Crippen LogP contribution < -0.4 is 27.6 Å². The molecule has 0 aliphatic rings. The average Bonchev–Trinajstić information content (AvgIpc) is 2.37. The van der Waals surface area contributed by atoms with Gasteiger partial charge in [0.25, 0.3) is 5.56 Å². The minimum absolute atomic E-state index is 0.101. The van der Waals surface area contributed by atoms with Gasteiger partial charge in [-0.25, -0.2) is 9.89 Å². The highest BCUT2D eigenvalue weighted by Gasteiger charge is 2.16. The number of primary amides is 1. The SMILES string of the molecule is NC(=O)CN(Cc1cccc(N)c1)c1n[nH]c(=O)[nH]c1=O. The molecule has 21 heavy (non-hydrogen) atoms. The van der Waals surface area contributed by atoms with Gasteiger partial charge in [-0.2, -0.15) is 0 Å². The smallest absolute Gasteiger partial charge is 0.342 e. The number of benzene rings is 1. The Labute approximate surface area is 118 Å². The highest BCUT2D eigenvalue weighted by atomic mass is 16.2. The number of nitrogens with zero attached hydrogens (tertiary/aromatic N) is 2. The van der Waals surface area contributed by atoms with Gasteiger partial charge in [-0.3, -0.25) is 14.6 Å². The summed E-state index contributed by atoms with van der Waals surface area (Å²) in [4.78, 5) is 37.3. The van der Waals surface area contributed by atoms with Gasteiger partial charge in [0.05, 0.1) is 6.54 Å². The Hall–Kier alpha value is -3.10. The predicted octanol–water partition coefficient (Wildman–Crippen LogP) is -1.47.